The van der Waals surface area contributed by atoms with Crippen molar-refractivity contribution < 1.29 is 4.42 Å². The molecular formula is C46H28N4O. The van der Waals surface area contributed by atoms with E-state index < -0.39 is 0 Å². The third kappa shape index (κ3) is 4.09. The number of hydrogen-bond acceptors (Lipinski definition) is 3. The van der Waals surface area contributed by atoms with Gasteiger partial charge >= 0.3 is 0 Å². The molecule has 0 aliphatic rings. The molecule has 0 amide bonds. The van der Waals surface area contributed by atoms with E-state index in [1.165, 1.54) is 10.8 Å². The second kappa shape index (κ2) is 10.8. The lowest BCUT2D eigenvalue weighted by atomic mass is 10.0. The second-order valence-electron chi connectivity index (χ2n) is 13.0. The molecule has 11 rings (SSSR count). The van der Waals surface area contributed by atoms with Gasteiger partial charge in [0.2, 0.25) is 5.95 Å². The van der Waals surface area contributed by atoms with Gasteiger partial charge in [-0.15, -0.1) is 0 Å². The summed E-state index contributed by atoms with van der Waals surface area (Å²) in [5.41, 5.74) is 10.9. The standard InChI is InChI=1S/C46H28N4O/c1-4-14-29(15-5-1)35-28-36(30-16-6-2-7-17-30)48-46(47-35)50-39-27-26-38-42(34-21-10-12-22-37(34)49(38)31-18-8-3-9-19-31)43(39)44-40(50)25-24-33-32-20-11-13-23-41(32)51-45(33)44/h1-28H. The minimum atomic E-state index is 0.608. The van der Waals surface area contributed by atoms with Crippen LogP contribution in [0.25, 0.3) is 99.7 Å². The molecule has 0 radical (unpaired) electrons. The summed E-state index contributed by atoms with van der Waals surface area (Å²) in [5, 5.41) is 6.71. The van der Waals surface area contributed by atoms with Crippen LogP contribution >= 0.6 is 0 Å². The van der Waals surface area contributed by atoms with Gasteiger partial charge in [-0.05, 0) is 54.6 Å². The Balaban J connectivity index is 1.34. The quantitative estimate of drug-likeness (QED) is 0.190. The van der Waals surface area contributed by atoms with Crippen molar-refractivity contribution in [3.05, 3.63) is 170 Å². The number of fused-ring (bicyclic) bond motifs is 11. The molecule has 0 atom stereocenters. The summed E-state index contributed by atoms with van der Waals surface area (Å²) in [6.07, 6.45) is 0. The van der Waals surface area contributed by atoms with Gasteiger partial charge in [0.15, 0.2) is 0 Å². The van der Waals surface area contributed by atoms with Gasteiger partial charge in [0.25, 0.3) is 0 Å². The van der Waals surface area contributed by atoms with Gasteiger partial charge < -0.3 is 8.98 Å². The summed E-state index contributed by atoms with van der Waals surface area (Å²) in [4.78, 5) is 10.6. The zero-order valence-electron chi connectivity index (χ0n) is 27.4. The van der Waals surface area contributed by atoms with Crippen molar-refractivity contribution in [3.8, 4) is 34.2 Å². The molecule has 0 spiro atoms. The summed E-state index contributed by atoms with van der Waals surface area (Å²) in [7, 11) is 0. The van der Waals surface area contributed by atoms with Crippen LogP contribution in [0.3, 0.4) is 0 Å². The molecule has 238 valence electrons. The first-order chi connectivity index (χ1) is 25.3. The van der Waals surface area contributed by atoms with Crippen molar-refractivity contribution in [1.82, 2.24) is 19.1 Å². The maximum Gasteiger partial charge on any atom is 0.235 e. The highest BCUT2D eigenvalue weighted by Gasteiger charge is 2.25. The highest BCUT2D eigenvalue weighted by atomic mass is 16.3. The minimum Gasteiger partial charge on any atom is -0.455 e. The highest BCUT2D eigenvalue weighted by Crippen LogP contribution is 2.46. The lowest BCUT2D eigenvalue weighted by Gasteiger charge is -2.12. The Morgan fingerprint density at radius 1 is 0.392 bits per heavy atom. The molecule has 0 saturated heterocycles. The number of furan rings is 1. The minimum absolute atomic E-state index is 0.608. The van der Waals surface area contributed by atoms with Gasteiger partial charge in [0.1, 0.15) is 11.2 Å². The van der Waals surface area contributed by atoms with E-state index in [1.807, 2.05) is 18.2 Å². The van der Waals surface area contributed by atoms with Gasteiger partial charge in [-0.25, -0.2) is 9.97 Å². The maximum absolute atomic E-state index is 6.80. The zero-order valence-corrected chi connectivity index (χ0v) is 27.4. The number of benzene rings is 7. The molecule has 7 aromatic carbocycles. The van der Waals surface area contributed by atoms with Crippen LogP contribution in [0.5, 0.6) is 0 Å². The smallest absolute Gasteiger partial charge is 0.235 e. The summed E-state index contributed by atoms with van der Waals surface area (Å²) in [6.45, 7) is 0. The monoisotopic (exact) mass is 652 g/mol. The van der Waals surface area contributed by atoms with Crippen LogP contribution in [0.1, 0.15) is 0 Å². The predicted molar refractivity (Wildman–Crippen MR) is 209 cm³/mol. The van der Waals surface area contributed by atoms with Crippen molar-refractivity contribution in [3.63, 3.8) is 0 Å². The molecule has 5 heteroatoms. The first kappa shape index (κ1) is 27.9. The topological polar surface area (TPSA) is 48.8 Å². The summed E-state index contributed by atoms with van der Waals surface area (Å²) < 4.78 is 11.4. The van der Waals surface area contributed by atoms with Crippen molar-refractivity contribution in [2.24, 2.45) is 0 Å². The molecule has 0 fully saturated rings. The molecule has 0 bridgehead atoms. The number of aromatic nitrogens is 4. The van der Waals surface area contributed by atoms with Crippen molar-refractivity contribution >= 4 is 65.6 Å². The Morgan fingerprint density at radius 2 is 0.941 bits per heavy atom. The predicted octanol–water partition coefficient (Wildman–Crippen LogP) is 11.9. The Morgan fingerprint density at radius 3 is 1.65 bits per heavy atom. The lowest BCUT2D eigenvalue weighted by Crippen LogP contribution is -2.04. The molecule has 11 aromatic rings. The SMILES string of the molecule is c1ccc(-c2cc(-c3ccccc3)nc(-n3c4ccc5c6ccccc6oc5c4c4c5c6ccccc6n(-c6ccccc6)c5ccc43)n2)cc1. The molecule has 0 aliphatic carbocycles. The van der Waals surface area contributed by atoms with Crippen LogP contribution in [0.2, 0.25) is 0 Å². The Bertz CT molecular complexity index is 3060. The first-order valence-corrected chi connectivity index (χ1v) is 17.2. The Labute approximate surface area is 292 Å². The number of hydrogen-bond donors (Lipinski definition) is 0. The van der Waals surface area contributed by atoms with E-state index >= 15 is 0 Å². The van der Waals surface area contributed by atoms with Gasteiger partial charge in [-0.1, -0.05) is 115 Å². The average Bonchev–Trinajstić information content (AvgIpc) is 3.86. The summed E-state index contributed by atoms with van der Waals surface area (Å²) in [5.74, 6) is 0.608. The first-order valence-electron chi connectivity index (χ1n) is 17.2. The van der Waals surface area contributed by atoms with Crippen LogP contribution in [0.4, 0.5) is 0 Å². The van der Waals surface area contributed by atoms with E-state index in [2.05, 4.69) is 161 Å². The fourth-order valence-electron chi connectivity index (χ4n) is 7.94. The summed E-state index contributed by atoms with van der Waals surface area (Å²) >= 11 is 0. The Hall–Kier alpha value is -6.98. The molecule has 0 unspecified atom stereocenters. The number of para-hydroxylation sites is 3. The van der Waals surface area contributed by atoms with E-state index in [0.717, 1.165) is 83.0 Å². The molecule has 51 heavy (non-hydrogen) atoms. The van der Waals surface area contributed by atoms with E-state index in [1.54, 1.807) is 0 Å². The maximum atomic E-state index is 6.80. The third-order valence-corrected chi connectivity index (χ3v) is 10.1. The highest BCUT2D eigenvalue weighted by molar-refractivity contribution is 6.33. The van der Waals surface area contributed by atoms with Crippen molar-refractivity contribution in [2.45, 2.75) is 0 Å². The van der Waals surface area contributed by atoms with E-state index in [0.29, 0.717) is 5.95 Å². The second-order valence-corrected chi connectivity index (χ2v) is 13.0. The van der Waals surface area contributed by atoms with Crippen LogP contribution in [0, 0.1) is 0 Å². The normalized spacial score (nSPS) is 11.9. The average molecular weight is 653 g/mol. The molecule has 4 heterocycles. The zero-order chi connectivity index (χ0) is 33.5. The van der Waals surface area contributed by atoms with Crippen LogP contribution in [-0.2, 0) is 0 Å². The van der Waals surface area contributed by atoms with Gasteiger partial charge in [0.05, 0.1) is 38.8 Å². The summed E-state index contributed by atoms with van der Waals surface area (Å²) in [6, 6.07) is 59.2. The fraction of sp³-hybridized carbons (Fsp3) is 0. The fourth-order valence-corrected chi connectivity index (χ4v) is 7.94. The Kier molecular flexibility index (Phi) is 5.89. The van der Waals surface area contributed by atoms with E-state index in [4.69, 9.17) is 14.4 Å². The van der Waals surface area contributed by atoms with Crippen LogP contribution in [0.15, 0.2) is 174 Å². The molecule has 4 aromatic heterocycles. The molecule has 0 N–H and O–H groups in total. The lowest BCUT2D eigenvalue weighted by molar-refractivity contribution is 0.673. The van der Waals surface area contributed by atoms with Crippen LogP contribution in [-0.4, -0.2) is 19.1 Å². The molecule has 0 aliphatic heterocycles. The molecular weight excluding hydrogens is 625 g/mol. The van der Waals surface area contributed by atoms with Crippen molar-refractivity contribution in [1.29, 1.82) is 0 Å². The largest absolute Gasteiger partial charge is 0.455 e. The van der Waals surface area contributed by atoms with Gasteiger partial charge in [0, 0.05) is 43.7 Å². The van der Waals surface area contributed by atoms with Gasteiger partial charge in [-0.2, -0.15) is 0 Å². The number of nitrogens with zero attached hydrogens (tertiary/aromatic N) is 4. The van der Waals surface area contributed by atoms with Gasteiger partial charge in [-0.3, -0.25) is 4.57 Å². The third-order valence-electron chi connectivity index (χ3n) is 10.1. The van der Waals surface area contributed by atoms with Crippen LogP contribution < -0.4 is 0 Å². The van der Waals surface area contributed by atoms with E-state index in [-0.39, 0.29) is 0 Å². The van der Waals surface area contributed by atoms with E-state index in [9.17, 15) is 0 Å². The number of rotatable bonds is 4. The molecule has 0 saturated carbocycles. The molecule has 5 nitrogen and oxygen atoms in total. The van der Waals surface area contributed by atoms with Crippen molar-refractivity contribution in [2.75, 3.05) is 0 Å².